The van der Waals surface area contributed by atoms with Crippen molar-refractivity contribution in [3.63, 3.8) is 0 Å². The number of aromatic nitrogens is 1. The molecule has 1 aromatic rings. The fourth-order valence-corrected chi connectivity index (χ4v) is 4.19. The molecule has 22 heavy (non-hydrogen) atoms. The molecule has 1 aromatic heterocycles. The van der Waals surface area contributed by atoms with E-state index in [0.717, 1.165) is 6.54 Å². The summed E-state index contributed by atoms with van der Waals surface area (Å²) in [5.74, 6) is -0.0474. The number of carbonyl (C=O) groups excluding carboxylic acids is 1. The quantitative estimate of drug-likeness (QED) is 0.889. The Balaban J connectivity index is 1.66. The number of likely N-dealkylation sites (tertiary alicyclic amines) is 1. The van der Waals surface area contributed by atoms with E-state index in [9.17, 15) is 4.79 Å². The maximum Gasteiger partial charge on any atom is 0.267 e. The average molecular weight is 324 g/mol. The highest BCUT2D eigenvalue weighted by Gasteiger charge is 2.38. The van der Waals surface area contributed by atoms with Crippen molar-refractivity contribution < 1.29 is 4.79 Å². The Morgan fingerprint density at radius 3 is 2.50 bits per heavy atom. The molecule has 2 fully saturated rings. The van der Waals surface area contributed by atoms with Crippen molar-refractivity contribution in [1.82, 2.24) is 15.2 Å². The maximum absolute atomic E-state index is 12.3. The lowest BCUT2D eigenvalue weighted by atomic mass is 9.79. The predicted octanol–water partition coefficient (Wildman–Crippen LogP) is 3.59. The molecule has 1 aliphatic heterocycles. The summed E-state index contributed by atoms with van der Waals surface area (Å²) < 4.78 is 0. The zero-order valence-corrected chi connectivity index (χ0v) is 13.9. The van der Waals surface area contributed by atoms with E-state index in [1.54, 1.807) is 12.3 Å². The van der Waals surface area contributed by atoms with E-state index < -0.39 is 0 Å². The second kappa shape index (κ2) is 7.05. The van der Waals surface area contributed by atoms with Gasteiger partial charge in [-0.05, 0) is 44.8 Å². The van der Waals surface area contributed by atoms with Gasteiger partial charge < -0.3 is 10.3 Å². The molecule has 1 saturated heterocycles. The van der Waals surface area contributed by atoms with Gasteiger partial charge in [0.05, 0.1) is 5.02 Å². The van der Waals surface area contributed by atoms with Crippen LogP contribution in [0.3, 0.4) is 0 Å². The highest BCUT2D eigenvalue weighted by Crippen LogP contribution is 2.35. The second-order valence-electron chi connectivity index (χ2n) is 6.75. The molecule has 122 valence electrons. The first kappa shape index (κ1) is 15.9. The Labute approximate surface area is 137 Å². The summed E-state index contributed by atoms with van der Waals surface area (Å²) in [7, 11) is 0. The van der Waals surface area contributed by atoms with Crippen LogP contribution < -0.4 is 5.32 Å². The van der Waals surface area contributed by atoms with Gasteiger partial charge in [0.25, 0.3) is 5.91 Å². The van der Waals surface area contributed by atoms with Gasteiger partial charge in [-0.25, -0.2) is 0 Å². The molecule has 0 unspecified atom stereocenters. The molecule has 2 N–H and O–H groups in total. The van der Waals surface area contributed by atoms with Gasteiger partial charge >= 0.3 is 0 Å². The van der Waals surface area contributed by atoms with Crippen molar-refractivity contribution >= 4 is 17.5 Å². The van der Waals surface area contributed by atoms with E-state index in [1.165, 1.54) is 64.5 Å². The average Bonchev–Trinajstić information content (AvgIpc) is 3.01. The van der Waals surface area contributed by atoms with Crippen LogP contribution in [0.25, 0.3) is 0 Å². The number of hydrogen-bond donors (Lipinski definition) is 2. The third-order valence-electron chi connectivity index (χ3n) is 5.28. The van der Waals surface area contributed by atoms with Crippen LogP contribution in [-0.4, -0.2) is 41.0 Å². The molecule has 2 heterocycles. The van der Waals surface area contributed by atoms with E-state index >= 15 is 0 Å². The fourth-order valence-electron chi connectivity index (χ4n) is 4.02. The molecule has 0 spiro atoms. The lowest BCUT2D eigenvalue weighted by Gasteiger charge is -2.48. The molecule has 2 aliphatic rings. The number of rotatable bonds is 4. The first-order valence-electron chi connectivity index (χ1n) is 8.57. The number of piperidine rings is 1. The zero-order valence-electron chi connectivity index (χ0n) is 13.2. The standard InChI is InChI=1S/C17H26ClN3O/c18-14-11-15(19-12-14)16(22)20-13-17(7-3-1-4-8-17)21-9-5-2-6-10-21/h11-12,19H,1-10,13H2,(H,20,22). The van der Waals surface area contributed by atoms with Gasteiger partial charge in [0.15, 0.2) is 0 Å². The number of hydrogen-bond acceptors (Lipinski definition) is 2. The Morgan fingerprint density at radius 1 is 1.18 bits per heavy atom. The SMILES string of the molecule is O=C(NCC1(N2CCCCC2)CCCCC1)c1cc(Cl)c[nH]1. The van der Waals surface area contributed by atoms with Crippen LogP contribution >= 0.6 is 11.6 Å². The molecule has 1 aliphatic carbocycles. The molecule has 0 atom stereocenters. The molecule has 3 rings (SSSR count). The number of halogens is 1. The Bertz CT molecular complexity index is 502. The van der Waals surface area contributed by atoms with Crippen LogP contribution in [0.2, 0.25) is 5.02 Å². The molecule has 4 nitrogen and oxygen atoms in total. The van der Waals surface area contributed by atoms with Crippen LogP contribution in [0, 0.1) is 0 Å². The lowest BCUT2D eigenvalue weighted by Crippen LogP contribution is -2.58. The monoisotopic (exact) mass is 323 g/mol. The molecular weight excluding hydrogens is 298 g/mol. The van der Waals surface area contributed by atoms with Crippen LogP contribution in [0.5, 0.6) is 0 Å². The van der Waals surface area contributed by atoms with E-state index in [0.29, 0.717) is 10.7 Å². The number of H-pyrrole nitrogens is 1. The fraction of sp³-hybridized carbons (Fsp3) is 0.706. The first-order chi connectivity index (χ1) is 10.7. The van der Waals surface area contributed by atoms with Gasteiger partial charge in [-0.2, -0.15) is 0 Å². The van der Waals surface area contributed by atoms with E-state index in [2.05, 4.69) is 15.2 Å². The topological polar surface area (TPSA) is 48.1 Å². The van der Waals surface area contributed by atoms with Crippen molar-refractivity contribution in [3.05, 3.63) is 23.0 Å². The van der Waals surface area contributed by atoms with Gasteiger partial charge in [-0.3, -0.25) is 9.69 Å². The van der Waals surface area contributed by atoms with Crippen LogP contribution in [0.15, 0.2) is 12.3 Å². The molecule has 0 bridgehead atoms. The number of amides is 1. The molecule has 0 aromatic carbocycles. The minimum atomic E-state index is -0.0474. The Kier molecular flexibility index (Phi) is 5.09. The van der Waals surface area contributed by atoms with Gasteiger partial charge in [-0.15, -0.1) is 0 Å². The minimum absolute atomic E-state index is 0.0474. The lowest BCUT2D eigenvalue weighted by molar-refractivity contribution is 0.0326. The molecule has 5 heteroatoms. The highest BCUT2D eigenvalue weighted by atomic mass is 35.5. The summed E-state index contributed by atoms with van der Waals surface area (Å²) in [5, 5.41) is 3.73. The van der Waals surface area contributed by atoms with Crippen molar-refractivity contribution in [1.29, 1.82) is 0 Å². The Morgan fingerprint density at radius 2 is 1.86 bits per heavy atom. The van der Waals surface area contributed by atoms with E-state index in [1.807, 2.05) is 0 Å². The summed E-state index contributed by atoms with van der Waals surface area (Å²) in [5.41, 5.74) is 0.722. The van der Waals surface area contributed by atoms with E-state index in [-0.39, 0.29) is 11.4 Å². The summed E-state index contributed by atoms with van der Waals surface area (Å²) in [6.45, 7) is 3.12. The predicted molar refractivity (Wildman–Crippen MR) is 89.4 cm³/mol. The number of carbonyl (C=O) groups is 1. The van der Waals surface area contributed by atoms with Gasteiger partial charge in [0.1, 0.15) is 5.69 Å². The highest BCUT2D eigenvalue weighted by molar-refractivity contribution is 6.30. The minimum Gasteiger partial charge on any atom is -0.356 e. The smallest absolute Gasteiger partial charge is 0.267 e. The first-order valence-corrected chi connectivity index (χ1v) is 8.95. The van der Waals surface area contributed by atoms with Crippen molar-refractivity contribution in [3.8, 4) is 0 Å². The molecule has 1 amide bonds. The third-order valence-corrected chi connectivity index (χ3v) is 5.50. The number of nitrogens with zero attached hydrogens (tertiary/aromatic N) is 1. The Hall–Kier alpha value is -1.00. The number of aromatic amines is 1. The van der Waals surface area contributed by atoms with Crippen molar-refractivity contribution in [2.75, 3.05) is 19.6 Å². The van der Waals surface area contributed by atoms with E-state index in [4.69, 9.17) is 11.6 Å². The van der Waals surface area contributed by atoms with Gasteiger partial charge in [-0.1, -0.05) is 37.3 Å². The molecular formula is C17H26ClN3O. The number of nitrogens with one attached hydrogen (secondary N) is 2. The maximum atomic E-state index is 12.3. The van der Waals surface area contributed by atoms with Crippen molar-refractivity contribution in [2.45, 2.75) is 56.9 Å². The van der Waals surface area contributed by atoms with Gasteiger partial charge in [0, 0.05) is 18.3 Å². The summed E-state index contributed by atoms with van der Waals surface area (Å²) >= 11 is 5.88. The van der Waals surface area contributed by atoms with Crippen LogP contribution in [0.1, 0.15) is 61.9 Å². The van der Waals surface area contributed by atoms with Crippen LogP contribution in [-0.2, 0) is 0 Å². The summed E-state index contributed by atoms with van der Waals surface area (Å²) in [4.78, 5) is 17.9. The molecule has 1 saturated carbocycles. The summed E-state index contributed by atoms with van der Waals surface area (Å²) in [6, 6.07) is 1.69. The van der Waals surface area contributed by atoms with Crippen molar-refractivity contribution in [2.24, 2.45) is 0 Å². The third kappa shape index (κ3) is 3.49. The largest absolute Gasteiger partial charge is 0.356 e. The van der Waals surface area contributed by atoms with Crippen LogP contribution in [0.4, 0.5) is 0 Å². The summed E-state index contributed by atoms with van der Waals surface area (Å²) in [6.07, 6.45) is 11.9. The molecule has 0 radical (unpaired) electrons. The normalized spacial score (nSPS) is 22.4. The second-order valence-corrected chi connectivity index (χ2v) is 7.18. The van der Waals surface area contributed by atoms with Gasteiger partial charge in [0.2, 0.25) is 0 Å². The zero-order chi connectivity index (χ0) is 15.4.